The first-order chi connectivity index (χ1) is 8.56. The van der Waals surface area contributed by atoms with Gasteiger partial charge in [0.15, 0.2) is 0 Å². The van der Waals surface area contributed by atoms with Gasteiger partial charge in [0.05, 0.1) is 0 Å². The molecule has 2 atom stereocenters. The number of nitrogens with two attached hydrogens (primary N) is 2. The van der Waals surface area contributed by atoms with Gasteiger partial charge in [-0.3, -0.25) is 4.79 Å². The van der Waals surface area contributed by atoms with E-state index < -0.39 is 0 Å². The van der Waals surface area contributed by atoms with Gasteiger partial charge in [-0.05, 0) is 25.0 Å². The van der Waals surface area contributed by atoms with Crippen LogP contribution in [0.15, 0.2) is 30.0 Å². The number of carbonyl (C=O) groups is 1. The number of pyridine rings is 1. The van der Waals surface area contributed by atoms with Crippen molar-refractivity contribution >= 4 is 23.3 Å². The van der Waals surface area contributed by atoms with Crippen molar-refractivity contribution in [1.29, 1.82) is 0 Å². The number of aromatic nitrogens is 1. The van der Waals surface area contributed by atoms with E-state index in [1.165, 1.54) is 6.20 Å². The van der Waals surface area contributed by atoms with E-state index in [2.05, 4.69) is 10.3 Å². The fourth-order valence-corrected chi connectivity index (χ4v) is 1.97. The smallest absolute Gasteiger partial charge is 0.252 e. The summed E-state index contributed by atoms with van der Waals surface area (Å²) in [6.07, 6.45) is 4.59. The van der Waals surface area contributed by atoms with Crippen LogP contribution in [0.4, 0.5) is 5.82 Å². The summed E-state index contributed by atoms with van der Waals surface area (Å²) >= 11 is 5.81. The number of amides is 1. The minimum absolute atomic E-state index is 0.0779. The van der Waals surface area contributed by atoms with Crippen molar-refractivity contribution < 1.29 is 4.79 Å². The van der Waals surface area contributed by atoms with Crippen LogP contribution in [0, 0.1) is 0 Å². The van der Waals surface area contributed by atoms with Crippen molar-refractivity contribution in [2.24, 2.45) is 11.5 Å². The molecule has 0 bridgehead atoms. The fraction of sp³-hybridized carbons (Fsp3) is 0.333. The zero-order chi connectivity index (χ0) is 13.1. The Hall–Kier alpha value is -1.43. The first kappa shape index (κ1) is 13.0. The van der Waals surface area contributed by atoms with Crippen LogP contribution in [0.5, 0.6) is 0 Å². The number of hydrogen-bond acceptors (Lipinski definition) is 4. The summed E-state index contributed by atoms with van der Waals surface area (Å²) in [7, 11) is 0. The summed E-state index contributed by atoms with van der Waals surface area (Å²) in [6.45, 7) is 0. The Morgan fingerprint density at radius 1 is 1.50 bits per heavy atom. The average Bonchev–Trinajstić information content (AvgIpc) is 2.32. The summed E-state index contributed by atoms with van der Waals surface area (Å²) < 4.78 is 0. The second-order valence-electron chi connectivity index (χ2n) is 4.29. The van der Waals surface area contributed by atoms with E-state index in [9.17, 15) is 4.79 Å². The number of carbonyl (C=O) groups excluding carboxylic acids is 1. The number of nitrogens with one attached hydrogen (secondary N) is 1. The van der Waals surface area contributed by atoms with Crippen LogP contribution in [0.3, 0.4) is 0 Å². The minimum Gasteiger partial charge on any atom is -0.326 e. The number of rotatable bonds is 2. The second-order valence-corrected chi connectivity index (χ2v) is 4.72. The Morgan fingerprint density at radius 2 is 2.28 bits per heavy atom. The van der Waals surface area contributed by atoms with Gasteiger partial charge in [0, 0.05) is 28.9 Å². The van der Waals surface area contributed by atoms with Crippen LogP contribution < -0.4 is 16.8 Å². The lowest BCUT2D eigenvalue weighted by Crippen LogP contribution is -2.43. The van der Waals surface area contributed by atoms with Crippen LogP contribution in [0.1, 0.15) is 12.8 Å². The predicted molar refractivity (Wildman–Crippen MR) is 71.1 cm³/mol. The highest BCUT2D eigenvalue weighted by Gasteiger charge is 2.22. The third kappa shape index (κ3) is 3.07. The first-order valence-electron chi connectivity index (χ1n) is 5.71. The molecule has 1 aliphatic carbocycles. The monoisotopic (exact) mass is 266 g/mol. The molecule has 1 aromatic heterocycles. The molecule has 96 valence electrons. The van der Waals surface area contributed by atoms with Crippen molar-refractivity contribution in [1.82, 2.24) is 4.98 Å². The van der Waals surface area contributed by atoms with Crippen LogP contribution in [-0.4, -0.2) is 23.0 Å². The predicted octanol–water partition coefficient (Wildman–Crippen LogP) is 1.05. The van der Waals surface area contributed by atoms with Crippen molar-refractivity contribution in [3.05, 3.63) is 35.0 Å². The largest absolute Gasteiger partial charge is 0.326 e. The van der Waals surface area contributed by atoms with Gasteiger partial charge in [-0.15, -0.1) is 0 Å². The maximum absolute atomic E-state index is 12.0. The quantitative estimate of drug-likeness (QED) is 0.746. The Morgan fingerprint density at radius 3 is 2.94 bits per heavy atom. The molecule has 0 aromatic carbocycles. The molecule has 5 N–H and O–H groups in total. The summed E-state index contributed by atoms with van der Waals surface area (Å²) in [5, 5.41) is 3.21. The Balaban J connectivity index is 2.07. The molecule has 1 heterocycles. The Bertz CT molecular complexity index is 489. The van der Waals surface area contributed by atoms with Crippen LogP contribution in [0.25, 0.3) is 0 Å². The van der Waals surface area contributed by atoms with Gasteiger partial charge >= 0.3 is 0 Å². The van der Waals surface area contributed by atoms with E-state index in [0.29, 0.717) is 29.3 Å². The number of halogens is 1. The molecule has 0 aliphatic heterocycles. The van der Waals surface area contributed by atoms with Crippen molar-refractivity contribution in [3.63, 3.8) is 0 Å². The molecule has 0 saturated heterocycles. The van der Waals surface area contributed by atoms with Gasteiger partial charge in [-0.25, -0.2) is 4.98 Å². The maximum Gasteiger partial charge on any atom is 0.252 e. The molecule has 1 aromatic rings. The molecular formula is C12H15ClN4O. The zero-order valence-corrected chi connectivity index (χ0v) is 10.5. The van der Waals surface area contributed by atoms with E-state index in [4.69, 9.17) is 23.1 Å². The van der Waals surface area contributed by atoms with E-state index in [0.717, 1.165) is 0 Å². The molecule has 1 amide bonds. The lowest BCUT2D eigenvalue weighted by Gasteiger charge is -2.23. The van der Waals surface area contributed by atoms with E-state index >= 15 is 0 Å². The fourth-order valence-electron chi connectivity index (χ4n) is 1.81. The van der Waals surface area contributed by atoms with Crippen molar-refractivity contribution in [3.8, 4) is 0 Å². The number of hydrogen-bond donors (Lipinski definition) is 3. The lowest BCUT2D eigenvalue weighted by atomic mass is 9.92. The standard InChI is InChI=1S/C12H15ClN4O/c13-8-3-4-16-11(6-8)17-12(18)7-1-2-9(14)10(15)5-7/h3-6,9-10H,1-2,14-15H2,(H,16,17,18). The Labute approximate surface area is 110 Å². The van der Waals surface area contributed by atoms with E-state index in [1.54, 1.807) is 18.2 Å². The molecule has 6 heteroatoms. The molecule has 0 spiro atoms. The van der Waals surface area contributed by atoms with Crippen LogP contribution in [0.2, 0.25) is 5.02 Å². The van der Waals surface area contributed by atoms with Gasteiger partial charge in [-0.1, -0.05) is 17.7 Å². The first-order valence-corrected chi connectivity index (χ1v) is 6.09. The number of anilines is 1. The third-order valence-electron chi connectivity index (χ3n) is 2.89. The molecular weight excluding hydrogens is 252 g/mol. The van der Waals surface area contributed by atoms with Crippen LogP contribution in [-0.2, 0) is 4.79 Å². The van der Waals surface area contributed by atoms with Gasteiger partial charge in [0.2, 0.25) is 0 Å². The highest BCUT2D eigenvalue weighted by Crippen LogP contribution is 2.18. The summed E-state index contributed by atoms with van der Waals surface area (Å²) in [6, 6.07) is 2.89. The van der Waals surface area contributed by atoms with Gasteiger partial charge in [-0.2, -0.15) is 0 Å². The molecule has 5 nitrogen and oxygen atoms in total. The molecule has 0 saturated carbocycles. The lowest BCUT2D eigenvalue weighted by molar-refractivity contribution is -0.113. The van der Waals surface area contributed by atoms with Gasteiger partial charge in [0.25, 0.3) is 5.91 Å². The number of nitrogens with zero attached hydrogens (tertiary/aromatic N) is 1. The van der Waals surface area contributed by atoms with Crippen molar-refractivity contribution in [2.45, 2.75) is 24.9 Å². The zero-order valence-electron chi connectivity index (χ0n) is 9.77. The molecule has 0 fully saturated rings. The topological polar surface area (TPSA) is 94.0 Å². The third-order valence-corrected chi connectivity index (χ3v) is 3.13. The van der Waals surface area contributed by atoms with E-state index in [-0.39, 0.29) is 18.0 Å². The molecule has 18 heavy (non-hydrogen) atoms. The van der Waals surface area contributed by atoms with Gasteiger partial charge in [0.1, 0.15) is 5.82 Å². The highest BCUT2D eigenvalue weighted by atomic mass is 35.5. The van der Waals surface area contributed by atoms with Crippen molar-refractivity contribution in [2.75, 3.05) is 5.32 Å². The average molecular weight is 267 g/mol. The molecule has 2 unspecified atom stereocenters. The minimum atomic E-state index is -0.271. The maximum atomic E-state index is 12.0. The molecule has 1 aliphatic rings. The van der Waals surface area contributed by atoms with Gasteiger partial charge < -0.3 is 16.8 Å². The summed E-state index contributed by atoms with van der Waals surface area (Å²) in [5.41, 5.74) is 12.2. The SMILES string of the molecule is NC1C=C(C(=O)Nc2cc(Cl)ccn2)CCC1N. The highest BCUT2D eigenvalue weighted by molar-refractivity contribution is 6.30. The Kier molecular flexibility index (Phi) is 3.96. The molecule has 2 rings (SSSR count). The second kappa shape index (κ2) is 5.48. The van der Waals surface area contributed by atoms with E-state index in [1.807, 2.05) is 0 Å². The molecule has 0 radical (unpaired) electrons. The van der Waals surface area contributed by atoms with Crippen LogP contribution >= 0.6 is 11.6 Å². The summed E-state index contributed by atoms with van der Waals surface area (Å²) in [4.78, 5) is 16.0. The summed E-state index contributed by atoms with van der Waals surface area (Å²) in [5.74, 6) is 0.226. The normalized spacial score (nSPS) is 23.4.